The standard InChI is InChI=1S/C20H27F2N7O2.C17H23FN6O2.C7H11ClFNO/c1-5-31-18-23-10-13(21)16(25-18)24-15-12-11-29(19(2,3)14(12)26-27-15)17(30)20(22)6-8-28(4)9-7-20;1-5-7-12(25)24-13-10(8-20-17(13,3)4)14(23-24)21-15-11(18)9-19-16(22-15)26-6-2;1-10-4-2-7(9,3-5-10)6(8)11/h10H,5-9,11H2,1-4H3,(H2,23,24,25,26,27);9,20H,5-8H2,1-4H3,(H,19,21,22,23);2-5H2,1H3. The first kappa shape index (κ1) is 51.9. The lowest BCUT2D eigenvalue weighted by molar-refractivity contribution is -0.153. The lowest BCUT2D eigenvalue weighted by atomic mass is 9.90. The Balaban J connectivity index is 0.000000185. The third-order valence-corrected chi connectivity index (χ3v) is 12.8. The van der Waals surface area contributed by atoms with Gasteiger partial charge in [0.2, 0.25) is 5.91 Å². The zero-order valence-corrected chi connectivity index (χ0v) is 40.7. The summed E-state index contributed by atoms with van der Waals surface area (Å²) in [5, 5.41) is 19.8. The molecule has 1 amide bonds. The Labute approximate surface area is 397 Å². The van der Waals surface area contributed by atoms with Crippen molar-refractivity contribution in [3.05, 3.63) is 46.5 Å². The van der Waals surface area contributed by atoms with Gasteiger partial charge in [-0.2, -0.15) is 15.1 Å². The molecule has 4 aliphatic rings. The van der Waals surface area contributed by atoms with Crippen molar-refractivity contribution < 1.29 is 41.4 Å². The molecule has 8 heterocycles. The van der Waals surface area contributed by atoms with Crippen molar-refractivity contribution in [1.29, 1.82) is 0 Å². The number of rotatable bonds is 12. The van der Waals surface area contributed by atoms with Gasteiger partial charge in [-0.3, -0.25) is 19.5 Å². The Morgan fingerprint density at radius 3 is 1.79 bits per heavy atom. The van der Waals surface area contributed by atoms with E-state index in [-0.39, 0.29) is 61.8 Å². The second kappa shape index (κ2) is 21.0. The summed E-state index contributed by atoms with van der Waals surface area (Å²) < 4.78 is 69.1. The molecule has 0 aromatic carbocycles. The number of halogens is 5. The van der Waals surface area contributed by atoms with E-state index < -0.39 is 45.2 Å². The Hall–Kier alpha value is -5.52. The second-order valence-corrected chi connectivity index (χ2v) is 18.6. The van der Waals surface area contributed by atoms with E-state index in [0.717, 1.165) is 30.1 Å². The van der Waals surface area contributed by atoms with Crippen molar-refractivity contribution in [2.75, 3.05) is 64.1 Å². The van der Waals surface area contributed by atoms with E-state index in [1.165, 1.54) is 9.58 Å². The van der Waals surface area contributed by atoms with Crippen LogP contribution < -0.4 is 25.4 Å². The van der Waals surface area contributed by atoms with Crippen LogP contribution in [-0.4, -0.2) is 136 Å². The van der Waals surface area contributed by atoms with Crippen molar-refractivity contribution in [3.63, 3.8) is 0 Å². The van der Waals surface area contributed by atoms with Crippen LogP contribution in [0.1, 0.15) is 114 Å². The first-order valence-corrected chi connectivity index (χ1v) is 23.0. The molecule has 0 bridgehead atoms. The van der Waals surface area contributed by atoms with Crippen molar-refractivity contribution in [1.82, 2.24) is 59.9 Å². The van der Waals surface area contributed by atoms with Crippen molar-refractivity contribution in [2.24, 2.45) is 0 Å². The first-order valence-electron chi connectivity index (χ1n) is 22.7. The molecule has 4 aromatic rings. The SMILES string of the molecule is CCCC(=O)n1nc(Nc2nc(OCC)ncc2F)c2c1C(C)(C)NC2.CCOc1ncc(F)c(Nc2n[nH]c3c2CN(C(=O)C2(F)CCN(C)CC2)C3(C)C)n1.CN1CCC(F)(C(=O)Cl)CC1. The summed E-state index contributed by atoms with van der Waals surface area (Å²) in [5.41, 5.74) is -1.87. The number of likely N-dealkylation sites (tertiary alicyclic amines) is 2. The Morgan fingerprint density at radius 2 is 1.29 bits per heavy atom. The van der Waals surface area contributed by atoms with Gasteiger partial charge in [0.15, 0.2) is 46.2 Å². The number of amides is 1. The van der Waals surface area contributed by atoms with Gasteiger partial charge in [-0.15, -0.1) is 5.10 Å². The molecule has 19 nitrogen and oxygen atoms in total. The lowest BCUT2D eigenvalue weighted by Gasteiger charge is -2.40. The van der Waals surface area contributed by atoms with Crippen LogP contribution in [0, 0.1) is 11.6 Å². The van der Waals surface area contributed by atoms with Gasteiger partial charge in [-0.25, -0.2) is 32.2 Å². The number of carbonyl (C=O) groups is 3. The van der Waals surface area contributed by atoms with E-state index in [0.29, 0.717) is 75.3 Å². The molecule has 4 N–H and O–H groups in total. The number of hydrogen-bond acceptors (Lipinski definition) is 16. The highest BCUT2D eigenvalue weighted by Crippen LogP contribution is 2.44. The third-order valence-electron chi connectivity index (χ3n) is 12.5. The Morgan fingerprint density at radius 1 is 0.779 bits per heavy atom. The summed E-state index contributed by atoms with van der Waals surface area (Å²) in [7, 11) is 3.82. The number of H-pyrrole nitrogens is 1. The lowest BCUT2D eigenvalue weighted by Crippen LogP contribution is -2.54. The average Bonchev–Trinajstić information content (AvgIpc) is 4.03. The molecular formula is C44H61ClF4N14O5. The maximum absolute atomic E-state index is 15.5. The minimum atomic E-state index is -1.89. The van der Waals surface area contributed by atoms with E-state index in [9.17, 15) is 27.6 Å². The zero-order chi connectivity index (χ0) is 49.8. The largest absolute Gasteiger partial charge is 0.464 e. The van der Waals surface area contributed by atoms with Crippen LogP contribution >= 0.6 is 11.6 Å². The molecule has 0 atom stereocenters. The highest BCUT2D eigenvalue weighted by molar-refractivity contribution is 6.65. The van der Waals surface area contributed by atoms with E-state index in [4.69, 9.17) is 21.1 Å². The summed E-state index contributed by atoms with van der Waals surface area (Å²) in [5.74, 6) is -1.30. The number of alkyl halides is 2. The highest BCUT2D eigenvalue weighted by Gasteiger charge is 2.52. The number of fused-ring (bicyclic) bond motifs is 2. The summed E-state index contributed by atoms with van der Waals surface area (Å²) in [4.78, 5) is 57.5. The normalized spacial score (nSPS) is 18.8. The van der Waals surface area contributed by atoms with Crippen LogP contribution in [-0.2, 0) is 33.8 Å². The fourth-order valence-electron chi connectivity index (χ4n) is 8.30. The summed E-state index contributed by atoms with van der Waals surface area (Å²) in [6.45, 7) is 16.8. The maximum Gasteiger partial charge on any atom is 0.318 e. The molecule has 0 spiro atoms. The summed E-state index contributed by atoms with van der Waals surface area (Å²) >= 11 is 5.11. The minimum absolute atomic E-state index is 0.0384. The molecule has 4 aliphatic heterocycles. The molecule has 0 radical (unpaired) electrons. The Kier molecular flexibility index (Phi) is 16.0. The number of carbonyl (C=O) groups excluding carboxylic acids is 3. The third kappa shape index (κ3) is 11.2. The number of aromatic amines is 1. The second-order valence-electron chi connectivity index (χ2n) is 18.2. The van der Waals surface area contributed by atoms with Crippen LogP contribution in [0.4, 0.5) is 40.8 Å². The summed E-state index contributed by atoms with van der Waals surface area (Å²) in [6.07, 6.45) is 3.96. The number of anilines is 4. The number of aromatic nitrogens is 8. The molecule has 0 aliphatic carbocycles. The first-order chi connectivity index (χ1) is 32.1. The van der Waals surface area contributed by atoms with Gasteiger partial charge in [0.05, 0.1) is 54.6 Å². The molecule has 4 aromatic heterocycles. The fraction of sp³-hybridized carbons (Fsp3) is 0.614. The van der Waals surface area contributed by atoms with Crippen LogP contribution in [0.5, 0.6) is 12.0 Å². The molecule has 8 rings (SSSR count). The molecule has 68 heavy (non-hydrogen) atoms. The predicted molar refractivity (Wildman–Crippen MR) is 245 cm³/mol. The van der Waals surface area contributed by atoms with Crippen molar-refractivity contribution >= 4 is 51.9 Å². The monoisotopic (exact) mass is 976 g/mol. The van der Waals surface area contributed by atoms with Gasteiger partial charge in [-0.05, 0) is 73.7 Å². The van der Waals surface area contributed by atoms with Gasteiger partial charge in [0, 0.05) is 76.0 Å². The minimum Gasteiger partial charge on any atom is -0.464 e. The highest BCUT2D eigenvalue weighted by atomic mass is 35.5. The Bertz CT molecular complexity index is 2450. The number of nitrogens with zero attached hydrogens (tertiary/aromatic N) is 10. The maximum atomic E-state index is 15.5. The number of piperidine rings is 2. The topological polar surface area (TPSA) is 214 Å². The molecule has 0 unspecified atom stereocenters. The zero-order valence-electron chi connectivity index (χ0n) is 40.0. The predicted octanol–water partition coefficient (Wildman–Crippen LogP) is 6.41. The van der Waals surface area contributed by atoms with Crippen LogP contribution in [0.3, 0.4) is 0 Å². The van der Waals surface area contributed by atoms with Gasteiger partial charge in [0.1, 0.15) is 0 Å². The van der Waals surface area contributed by atoms with Gasteiger partial charge < -0.3 is 40.1 Å². The number of nitrogens with one attached hydrogen (secondary N) is 4. The van der Waals surface area contributed by atoms with Gasteiger partial charge in [-0.1, -0.05) is 6.92 Å². The van der Waals surface area contributed by atoms with Crippen molar-refractivity contribution in [3.8, 4) is 12.0 Å². The van der Waals surface area contributed by atoms with E-state index in [2.05, 4.69) is 51.2 Å². The van der Waals surface area contributed by atoms with Gasteiger partial charge >= 0.3 is 12.0 Å². The smallest absolute Gasteiger partial charge is 0.318 e. The fourth-order valence-corrected chi connectivity index (χ4v) is 8.48. The average molecular weight is 978 g/mol. The van der Waals surface area contributed by atoms with Gasteiger partial charge in [0.25, 0.3) is 11.1 Å². The number of ether oxygens (including phenoxy) is 2. The molecular weight excluding hydrogens is 916 g/mol. The molecule has 24 heteroatoms. The molecule has 0 saturated carbocycles. The van der Waals surface area contributed by atoms with Crippen molar-refractivity contribution in [2.45, 2.75) is 122 Å². The van der Waals surface area contributed by atoms with Crippen LogP contribution in [0.2, 0.25) is 0 Å². The molecule has 372 valence electrons. The molecule has 2 saturated heterocycles. The van der Waals surface area contributed by atoms with Crippen LogP contribution in [0.15, 0.2) is 12.4 Å². The van der Waals surface area contributed by atoms with E-state index >= 15 is 4.39 Å². The summed E-state index contributed by atoms with van der Waals surface area (Å²) in [6, 6.07) is 0.116. The van der Waals surface area contributed by atoms with Crippen LogP contribution in [0.25, 0.3) is 0 Å². The van der Waals surface area contributed by atoms with E-state index in [1.54, 1.807) is 13.8 Å². The number of hydrogen-bond donors (Lipinski definition) is 4. The van der Waals surface area contributed by atoms with E-state index in [1.807, 2.05) is 58.5 Å². The molecule has 2 fully saturated rings. The quantitative estimate of drug-likeness (QED) is 0.0892.